The first-order valence-electron chi connectivity index (χ1n) is 11.3. The third kappa shape index (κ3) is 5.30. The molecule has 2 aromatic carbocycles. The minimum Gasteiger partial charge on any atom is -0.373 e. The number of nitrogens with two attached hydrogens (primary N) is 1. The van der Waals surface area contributed by atoms with E-state index in [0.717, 1.165) is 11.1 Å². The van der Waals surface area contributed by atoms with Gasteiger partial charge in [-0.2, -0.15) is 4.31 Å². The molecule has 0 aliphatic carbocycles. The van der Waals surface area contributed by atoms with Crippen molar-refractivity contribution in [2.24, 2.45) is 5.73 Å². The summed E-state index contributed by atoms with van der Waals surface area (Å²) in [6, 6.07) is 13.3. The summed E-state index contributed by atoms with van der Waals surface area (Å²) in [6.07, 6.45) is 0.107. The molecule has 1 fully saturated rings. The number of primary amides is 1. The number of sulfonamides is 1. The van der Waals surface area contributed by atoms with Crippen LogP contribution >= 0.6 is 0 Å². The highest BCUT2D eigenvalue weighted by atomic mass is 32.2. The van der Waals surface area contributed by atoms with Gasteiger partial charge in [0.25, 0.3) is 0 Å². The van der Waals surface area contributed by atoms with Gasteiger partial charge in [-0.05, 0) is 55.7 Å². The average Bonchev–Trinajstić information content (AvgIpc) is 2.78. The SMILES string of the molecule is CC1CN(S(=O)(=O)c2ccc(NC(=O)CN3Cc4ccccc4C[C@H]3C(N)=O)cc2)CC(C)O1. The second kappa shape index (κ2) is 9.83. The van der Waals surface area contributed by atoms with Crippen molar-refractivity contribution < 1.29 is 22.7 Å². The Bertz CT molecular complexity index is 1160. The smallest absolute Gasteiger partial charge is 0.243 e. The van der Waals surface area contributed by atoms with Gasteiger partial charge in [0, 0.05) is 25.3 Å². The van der Waals surface area contributed by atoms with Gasteiger partial charge in [-0.15, -0.1) is 0 Å². The molecule has 9 nitrogen and oxygen atoms in total. The van der Waals surface area contributed by atoms with E-state index in [0.29, 0.717) is 31.7 Å². The first-order valence-corrected chi connectivity index (χ1v) is 12.7. The van der Waals surface area contributed by atoms with Crippen LogP contribution in [-0.4, -0.2) is 67.3 Å². The Balaban J connectivity index is 1.41. The Labute approximate surface area is 199 Å². The number of carbonyl (C=O) groups excluding carboxylic acids is 2. The van der Waals surface area contributed by atoms with Crippen LogP contribution in [-0.2, 0) is 37.3 Å². The number of nitrogens with one attached hydrogen (secondary N) is 1. The Morgan fingerprint density at radius 1 is 1.03 bits per heavy atom. The summed E-state index contributed by atoms with van der Waals surface area (Å²) < 4.78 is 33.1. The van der Waals surface area contributed by atoms with Gasteiger partial charge < -0.3 is 15.8 Å². The fourth-order valence-electron chi connectivity index (χ4n) is 4.60. The molecule has 182 valence electrons. The van der Waals surface area contributed by atoms with Crippen LogP contribution in [0.1, 0.15) is 25.0 Å². The van der Waals surface area contributed by atoms with E-state index < -0.39 is 22.0 Å². The van der Waals surface area contributed by atoms with Crippen LogP contribution in [0.4, 0.5) is 5.69 Å². The number of rotatable bonds is 6. The highest BCUT2D eigenvalue weighted by Crippen LogP contribution is 2.24. The van der Waals surface area contributed by atoms with Crippen molar-refractivity contribution in [1.82, 2.24) is 9.21 Å². The van der Waals surface area contributed by atoms with Gasteiger partial charge in [0.2, 0.25) is 21.8 Å². The second-order valence-electron chi connectivity index (χ2n) is 8.95. The highest BCUT2D eigenvalue weighted by molar-refractivity contribution is 7.89. The molecule has 34 heavy (non-hydrogen) atoms. The van der Waals surface area contributed by atoms with Crippen LogP contribution < -0.4 is 11.1 Å². The molecule has 2 aliphatic rings. The van der Waals surface area contributed by atoms with Crippen molar-refractivity contribution >= 4 is 27.5 Å². The lowest BCUT2D eigenvalue weighted by molar-refractivity contribution is -0.125. The van der Waals surface area contributed by atoms with E-state index in [-0.39, 0.29) is 29.6 Å². The summed E-state index contributed by atoms with van der Waals surface area (Å²) in [6.45, 7) is 4.73. The van der Waals surface area contributed by atoms with E-state index in [4.69, 9.17) is 10.5 Å². The Kier molecular flexibility index (Phi) is 7.04. The maximum Gasteiger partial charge on any atom is 0.243 e. The Morgan fingerprint density at radius 3 is 2.26 bits per heavy atom. The summed E-state index contributed by atoms with van der Waals surface area (Å²) in [5, 5.41) is 2.78. The minimum absolute atomic E-state index is 0.00839. The number of hydrogen-bond acceptors (Lipinski definition) is 6. The van der Waals surface area contributed by atoms with Crippen molar-refractivity contribution in [2.45, 2.75) is 50.0 Å². The van der Waals surface area contributed by atoms with Gasteiger partial charge in [0.15, 0.2) is 0 Å². The van der Waals surface area contributed by atoms with Crippen LogP contribution in [0, 0.1) is 0 Å². The van der Waals surface area contributed by atoms with Gasteiger partial charge in [-0.1, -0.05) is 24.3 Å². The molecule has 3 N–H and O–H groups in total. The quantitative estimate of drug-likeness (QED) is 0.635. The van der Waals surface area contributed by atoms with Gasteiger partial charge in [0.1, 0.15) is 0 Å². The number of anilines is 1. The normalized spacial score (nSPS) is 23.8. The number of nitrogens with zero attached hydrogens (tertiary/aromatic N) is 2. The number of ether oxygens (including phenoxy) is 1. The van der Waals surface area contributed by atoms with Gasteiger partial charge >= 0.3 is 0 Å². The number of hydrogen-bond donors (Lipinski definition) is 2. The number of morpholine rings is 1. The molecule has 2 amide bonds. The molecular weight excluding hydrogens is 456 g/mol. The molecule has 2 aliphatic heterocycles. The largest absolute Gasteiger partial charge is 0.373 e. The van der Waals surface area contributed by atoms with E-state index in [9.17, 15) is 18.0 Å². The molecule has 10 heteroatoms. The Morgan fingerprint density at radius 2 is 1.65 bits per heavy atom. The molecule has 4 rings (SSSR count). The molecule has 0 radical (unpaired) electrons. The molecular formula is C24H30N4O5S. The third-order valence-corrected chi connectivity index (χ3v) is 8.03. The molecule has 0 spiro atoms. The van der Waals surface area contributed by atoms with E-state index in [1.165, 1.54) is 16.4 Å². The zero-order chi connectivity index (χ0) is 24.5. The van der Waals surface area contributed by atoms with Gasteiger partial charge in [-0.3, -0.25) is 14.5 Å². The predicted octanol–water partition coefficient (Wildman–Crippen LogP) is 1.34. The van der Waals surface area contributed by atoms with Crippen molar-refractivity contribution in [2.75, 3.05) is 25.0 Å². The summed E-state index contributed by atoms with van der Waals surface area (Å²) in [7, 11) is -3.66. The number of amides is 2. The molecule has 2 heterocycles. The number of carbonyl (C=O) groups is 2. The molecule has 2 aromatic rings. The maximum absolute atomic E-state index is 13.0. The lowest BCUT2D eigenvalue weighted by atomic mass is 9.93. The van der Waals surface area contributed by atoms with E-state index >= 15 is 0 Å². The molecule has 0 aromatic heterocycles. The summed E-state index contributed by atoms with van der Waals surface area (Å²) in [5.41, 5.74) is 8.19. The average molecular weight is 487 g/mol. The van der Waals surface area contributed by atoms with Gasteiger partial charge in [0.05, 0.1) is 29.7 Å². The third-order valence-electron chi connectivity index (χ3n) is 6.18. The highest BCUT2D eigenvalue weighted by Gasteiger charge is 2.33. The predicted molar refractivity (Wildman–Crippen MR) is 127 cm³/mol. The minimum atomic E-state index is -3.66. The van der Waals surface area contributed by atoms with Crippen LogP contribution in [0.3, 0.4) is 0 Å². The molecule has 0 bridgehead atoms. The van der Waals surface area contributed by atoms with Gasteiger partial charge in [-0.25, -0.2) is 8.42 Å². The van der Waals surface area contributed by atoms with Crippen molar-refractivity contribution in [3.63, 3.8) is 0 Å². The molecule has 0 saturated carbocycles. The summed E-state index contributed by atoms with van der Waals surface area (Å²) in [4.78, 5) is 26.6. The lowest BCUT2D eigenvalue weighted by Gasteiger charge is -2.34. The van der Waals surface area contributed by atoms with Crippen molar-refractivity contribution in [3.8, 4) is 0 Å². The van der Waals surface area contributed by atoms with E-state index in [1.54, 1.807) is 17.0 Å². The lowest BCUT2D eigenvalue weighted by Crippen LogP contribution is -2.50. The first kappa shape index (κ1) is 24.3. The standard InChI is InChI=1S/C24H30N4O5S/c1-16-12-28(13-17(2)33-16)34(31,32)21-9-7-20(8-10-21)26-23(29)15-27-14-19-6-4-3-5-18(19)11-22(27)24(25)30/h3-10,16-17,22H,11-15H2,1-2H3,(H2,25,30)(H,26,29)/t16?,17?,22-/m0/s1. The van der Waals surface area contributed by atoms with Crippen LogP contribution in [0.5, 0.6) is 0 Å². The number of fused-ring (bicyclic) bond motifs is 1. The van der Waals surface area contributed by atoms with Crippen molar-refractivity contribution in [1.29, 1.82) is 0 Å². The molecule has 3 atom stereocenters. The van der Waals surface area contributed by atoms with E-state index in [2.05, 4.69) is 5.32 Å². The fraction of sp³-hybridized carbons (Fsp3) is 0.417. The molecule has 1 saturated heterocycles. The topological polar surface area (TPSA) is 122 Å². The van der Waals surface area contributed by atoms with Crippen molar-refractivity contribution in [3.05, 3.63) is 59.7 Å². The number of benzene rings is 2. The zero-order valence-electron chi connectivity index (χ0n) is 19.3. The van der Waals surface area contributed by atoms with Crippen LogP contribution in [0.2, 0.25) is 0 Å². The monoisotopic (exact) mass is 486 g/mol. The maximum atomic E-state index is 13.0. The summed E-state index contributed by atoms with van der Waals surface area (Å²) in [5.74, 6) is -0.777. The van der Waals surface area contributed by atoms with Crippen LogP contribution in [0.15, 0.2) is 53.4 Å². The Hall–Kier alpha value is -2.79. The summed E-state index contributed by atoms with van der Waals surface area (Å²) >= 11 is 0. The van der Waals surface area contributed by atoms with Crippen LogP contribution in [0.25, 0.3) is 0 Å². The van der Waals surface area contributed by atoms with E-state index in [1.807, 2.05) is 38.1 Å². The zero-order valence-corrected chi connectivity index (χ0v) is 20.1. The first-order chi connectivity index (χ1) is 16.1. The molecule has 2 unspecified atom stereocenters. The fourth-order valence-corrected chi connectivity index (χ4v) is 6.19. The second-order valence-corrected chi connectivity index (χ2v) is 10.9.